The van der Waals surface area contributed by atoms with Gasteiger partial charge in [-0.05, 0) is 36.8 Å². The van der Waals surface area contributed by atoms with Gasteiger partial charge in [-0.15, -0.1) is 5.10 Å². The van der Waals surface area contributed by atoms with E-state index >= 15 is 0 Å². The highest BCUT2D eigenvalue weighted by atomic mass is 19.3. The number of fused-ring (bicyclic) bond motifs is 1. The molecule has 2 fully saturated rings. The number of ether oxygens (including phenoxy) is 2. The average Bonchev–Trinajstić information content (AvgIpc) is 3.64. The molecule has 3 aromatic rings. The molecule has 1 saturated carbocycles. The highest BCUT2D eigenvalue weighted by molar-refractivity contribution is 5.76. The predicted octanol–water partition coefficient (Wildman–Crippen LogP) is 3.32. The smallest absolute Gasteiger partial charge is 0.323 e. The summed E-state index contributed by atoms with van der Waals surface area (Å²) in [6.45, 7) is 4.31. The van der Waals surface area contributed by atoms with Crippen molar-refractivity contribution in [2.24, 2.45) is 11.7 Å². The van der Waals surface area contributed by atoms with Gasteiger partial charge in [-0.25, -0.2) is 22.7 Å². The van der Waals surface area contributed by atoms with Crippen molar-refractivity contribution in [3.63, 3.8) is 0 Å². The maximum atomic E-state index is 14.7. The minimum absolute atomic E-state index is 0.0796. The molecule has 2 aliphatic rings. The molecule has 1 saturated heterocycles. The van der Waals surface area contributed by atoms with E-state index in [0.717, 1.165) is 0 Å². The van der Waals surface area contributed by atoms with Crippen molar-refractivity contribution in [3.05, 3.63) is 42.0 Å². The fraction of sp³-hybridized carbons (Fsp3) is 0.520. The molecule has 0 amide bonds. The number of halogens is 3. The number of aromatic nitrogens is 4. The highest BCUT2D eigenvalue weighted by Gasteiger charge is 2.52. The number of nitrogens with one attached hydrogen (secondary N) is 1. The van der Waals surface area contributed by atoms with E-state index in [0.29, 0.717) is 42.8 Å². The second-order valence-electron chi connectivity index (χ2n) is 10.0. The number of rotatable bonds is 8. The lowest BCUT2D eigenvalue weighted by Gasteiger charge is -2.32. The number of carbonyl (C=O) groups is 1. The Hall–Kier alpha value is -3.25. The Kier molecular flexibility index (Phi) is 6.80. The van der Waals surface area contributed by atoms with Gasteiger partial charge in [0, 0.05) is 18.9 Å². The SMILES string of the molecule is CC(C)[C@H](N)C(=O)O[C@@H]1COCC[C@H]1Nc1ncc2c(F)cc(-c3ccc(C4(C(F)F)CC4)cn3)n2n1. The van der Waals surface area contributed by atoms with Crippen LogP contribution in [-0.4, -0.2) is 63.4 Å². The van der Waals surface area contributed by atoms with E-state index in [9.17, 15) is 18.0 Å². The minimum Gasteiger partial charge on any atom is -0.457 e. The van der Waals surface area contributed by atoms with Crippen molar-refractivity contribution in [2.45, 2.75) is 63.1 Å². The van der Waals surface area contributed by atoms with Crippen LogP contribution in [0.25, 0.3) is 16.9 Å². The number of nitrogens with zero attached hydrogens (tertiary/aromatic N) is 4. The lowest BCUT2D eigenvalue weighted by Crippen LogP contribution is -2.48. The third-order valence-corrected chi connectivity index (χ3v) is 7.15. The lowest BCUT2D eigenvalue weighted by atomic mass is 9.98. The summed E-state index contributed by atoms with van der Waals surface area (Å²) in [5.41, 5.74) is 6.14. The van der Waals surface area contributed by atoms with Gasteiger partial charge in [0.1, 0.15) is 17.7 Å². The molecule has 0 radical (unpaired) electrons. The minimum atomic E-state index is -2.46. The molecular weight excluding hydrogens is 489 g/mol. The van der Waals surface area contributed by atoms with E-state index in [1.807, 2.05) is 13.8 Å². The Morgan fingerprint density at radius 1 is 1.27 bits per heavy atom. The highest BCUT2D eigenvalue weighted by Crippen LogP contribution is 2.52. The first-order chi connectivity index (χ1) is 17.7. The van der Waals surface area contributed by atoms with E-state index in [4.69, 9.17) is 15.2 Å². The number of pyridine rings is 1. The summed E-state index contributed by atoms with van der Waals surface area (Å²) in [7, 11) is 0. The number of hydrogen-bond donors (Lipinski definition) is 2. The second kappa shape index (κ2) is 9.90. The molecule has 1 aliphatic carbocycles. The number of hydrogen-bond acceptors (Lipinski definition) is 8. The summed E-state index contributed by atoms with van der Waals surface area (Å²) in [6.07, 6.45) is 1.07. The first-order valence-corrected chi connectivity index (χ1v) is 12.3. The van der Waals surface area contributed by atoms with Crippen molar-refractivity contribution >= 4 is 17.4 Å². The predicted molar refractivity (Wildman–Crippen MR) is 129 cm³/mol. The number of nitrogens with two attached hydrogens (primary N) is 1. The molecule has 4 heterocycles. The van der Waals surface area contributed by atoms with Crippen molar-refractivity contribution < 1.29 is 27.4 Å². The maximum Gasteiger partial charge on any atom is 0.323 e. The summed E-state index contributed by atoms with van der Waals surface area (Å²) in [6, 6.07) is 3.39. The molecule has 0 aromatic carbocycles. The lowest BCUT2D eigenvalue weighted by molar-refractivity contribution is -0.158. The van der Waals surface area contributed by atoms with Crippen LogP contribution in [-0.2, 0) is 19.7 Å². The summed E-state index contributed by atoms with van der Waals surface area (Å²) in [5, 5.41) is 7.61. The van der Waals surface area contributed by atoms with Gasteiger partial charge in [0.2, 0.25) is 12.4 Å². The molecule has 0 spiro atoms. The van der Waals surface area contributed by atoms with Crippen LogP contribution in [0.3, 0.4) is 0 Å². The molecule has 9 nitrogen and oxygen atoms in total. The third kappa shape index (κ3) is 4.87. The Morgan fingerprint density at radius 2 is 2.05 bits per heavy atom. The van der Waals surface area contributed by atoms with E-state index < -0.39 is 35.8 Å². The van der Waals surface area contributed by atoms with Crippen LogP contribution in [0.15, 0.2) is 30.6 Å². The fourth-order valence-corrected chi connectivity index (χ4v) is 4.47. The molecule has 3 aromatic heterocycles. The van der Waals surface area contributed by atoms with Crippen LogP contribution >= 0.6 is 0 Å². The topological polar surface area (TPSA) is 117 Å². The Morgan fingerprint density at radius 3 is 2.70 bits per heavy atom. The van der Waals surface area contributed by atoms with Gasteiger partial charge in [0.15, 0.2) is 5.82 Å². The zero-order valence-corrected chi connectivity index (χ0v) is 20.5. The van der Waals surface area contributed by atoms with Crippen molar-refractivity contribution in [1.82, 2.24) is 19.6 Å². The van der Waals surface area contributed by atoms with E-state index in [1.54, 1.807) is 12.1 Å². The van der Waals surface area contributed by atoms with Crippen LogP contribution in [0, 0.1) is 11.7 Å². The zero-order valence-electron chi connectivity index (χ0n) is 20.5. The molecule has 3 atom stereocenters. The Bertz CT molecular complexity index is 1280. The molecule has 0 unspecified atom stereocenters. The maximum absolute atomic E-state index is 14.7. The number of anilines is 1. The standard InChI is InChI=1S/C25H29F3N6O3/c1-13(2)21(29)22(35)37-20-12-36-8-5-17(20)32-24-31-11-19-15(26)9-18(34(19)33-24)16-4-3-14(10-30-16)25(6-7-25)23(27)28/h3-4,9-11,13,17,20-21,23H,5-8,12,29H2,1-2H3,(H,32,33)/t17-,20-,21+/m1/s1. The summed E-state index contributed by atoms with van der Waals surface area (Å²) < 4.78 is 54.1. The molecule has 37 heavy (non-hydrogen) atoms. The summed E-state index contributed by atoms with van der Waals surface area (Å²) >= 11 is 0. The quantitative estimate of drug-likeness (QED) is 0.437. The first-order valence-electron chi connectivity index (χ1n) is 12.3. The van der Waals surface area contributed by atoms with Crippen LogP contribution < -0.4 is 11.1 Å². The second-order valence-corrected chi connectivity index (χ2v) is 10.0. The van der Waals surface area contributed by atoms with E-state index in [2.05, 4.69) is 20.4 Å². The fourth-order valence-electron chi connectivity index (χ4n) is 4.47. The van der Waals surface area contributed by atoms with E-state index in [1.165, 1.54) is 23.0 Å². The monoisotopic (exact) mass is 518 g/mol. The Labute approximate surface area is 211 Å². The molecule has 5 rings (SSSR count). The van der Waals surface area contributed by atoms with Gasteiger partial charge in [-0.3, -0.25) is 9.78 Å². The van der Waals surface area contributed by atoms with Gasteiger partial charge in [-0.1, -0.05) is 19.9 Å². The summed E-state index contributed by atoms with van der Waals surface area (Å²) in [4.78, 5) is 21.0. The molecule has 12 heteroatoms. The van der Waals surface area contributed by atoms with Gasteiger partial charge < -0.3 is 20.5 Å². The number of esters is 1. The van der Waals surface area contributed by atoms with Gasteiger partial charge >= 0.3 is 5.97 Å². The summed E-state index contributed by atoms with van der Waals surface area (Å²) in [5.74, 6) is -0.947. The molecular formula is C25H29F3N6O3. The average molecular weight is 519 g/mol. The largest absolute Gasteiger partial charge is 0.457 e. The van der Waals surface area contributed by atoms with Gasteiger partial charge in [0.05, 0.1) is 35.6 Å². The number of carbonyl (C=O) groups excluding carboxylic acids is 1. The first kappa shape index (κ1) is 25.4. The van der Waals surface area contributed by atoms with Crippen molar-refractivity contribution in [2.75, 3.05) is 18.5 Å². The van der Waals surface area contributed by atoms with Crippen molar-refractivity contribution in [1.29, 1.82) is 0 Å². The van der Waals surface area contributed by atoms with E-state index in [-0.39, 0.29) is 30.0 Å². The van der Waals surface area contributed by atoms with Crippen LogP contribution in [0.2, 0.25) is 0 Å². The van der Waals surface area contributed by atoms with Gasteiger partial charge in [0.25, 0.3) is 0 Å². The van der Waals surface area contributed by atoms with Crippen LogP contribution in [0.1, 0.15) is 38.7 Å². The molecule has 0 bridgehead atoms. The van der Waals surface area contributed by atoms with Crippen LogP contribution in [0.4, 0.5) is 19.1 Å². The van der Waals surface area contributed by atoms with Crippen molar-refractivity contribution in [3.8, 4) is 11.4 Å². The van der Waals surface area contributed by atoms with Gasteiger partial charge in [-0.2, -0.15) is 0 Å². The Balaban J connectivity index is 1.38. The number of alkyl halides is 2. The third-order valence-electron chi connectivity index (χ3n) is 7.15. The zero-order chi connectivity index (χ0) is 26.3. The van der Waals surface area contributed by atoms with Crippen LogP contribution in [0.5, 0.6) is 0 Å². The normalized spacial score (nSPS) is 21.8. The molecule has 198 valence electrons. The molecule has 3 N–H and O–H groups in total. The molecule has 1 aliphatic heterocycles.